The number of carbonyl (C=O) groups is 1. The maximum atomic E-state index is 12.3. The molecule has 0 spiro atoms. The molecular formula is C21H18N4O. The Morgan fingerprint density at radius 3 is 2.35 bits per heavy atom. The lowest BCUT2D eigenvalue weighted by Crippen LogP contribution is -2.14. The topological polar surface area (TPSA) is 51.9 Å². The summed E-state index contributed by atoms with van der Waals surface area (Å²) in [6.07, 6.45) is 7.77. The molecule has 0 aliphatic heterocycles. The van der Waals surface area contributed by atoms with Crippen LogP contribution in [0.1, 0.15) is 5.56 Å². The molecule has 0 fully saturated rings. The standard InChI is InChI=1S/C21H18N4O/c26-21(14-17-8-10-19(11-9-17)24-12-4-5-13-24)23-18-15-22-25(16-18)20-6-2-1-3-7-20/h1-13,15-16H,14H2,(H,23,26). The number of nitrogens with one attached hydrogen (secondary N) is 1. The van der Waals surface area contributed by atoms with Crippen molar-refractivity contribution in [2.24, 2.45) is 0 Å². The molecule has 0 atom stereocenters. The third-order valence-electron chi connectivity index (χ3n) is 4.09. The van der Waals surface area contributed by atoms with Gasteiger partial charge in [0.15, 0.2) is 0 Å². The van der Waals surface area contributed by atoms with Crippen molar-refractivity contribution in [1.82, 2.24) is 14.3 Å². The molecular weight excluding hydrogens is 324 g/mol. The van der Waals surface area contributed by atoms with Crippen LogP contribution in [-0.4, -0.2) is 20.3 Å². The third kappa shape index (κ3) is 3.57. The highest BCUT2D eigenvalue weighted by Gasteiger charge is 2.07. The largest absolute Gasteiger partial charge is 0.324 e. The van der Waals surface area contributed by atoms with E-state index < -0.39 is 0 Å². The fourth-order valence-electron chi connectivity index (χ4n) is 2.79. The molecule has 0 saturated carbocycles. The number of hydrogen-bond donors (Lipinski definition) is 1. The van der Waals surface area contributed by atoms with Crippen LogP contribution in [0.5, 0.6) is 0 Å². The number of anilines is 1. The Balaban J connectivity index is 1.39. The van der Waals surface area contributed by atoms with Crippen LogP contribution in [0.3, 0.4) is 0 Å². The van der Waals surface area contributed by atoms with Gasteiger partial charge < -0.3 is 9.88 Å². The van der Waals surface area contributed by atoms with Crippen molar-refractivity contribution < 1.29 is 4.79 Å². The molecule has 4 rings (SSSR count). The molecule has 2 aromatic heterocycles. The normalized spacial score (nSPS) is 10.6. The Labute approximate surface area is 151 Å². The Hall–Kier alpha value is -3.60. The average Bonchev–Trinajstić information content (AvgIpc) is 3.35. The highest BCUT2D eigenvalue weighted by atomic mass is 16.1. The first-order chi connectivity index (χ1) is 12.8. The van der Waals surface area contributed by atoms with E-state index in [1.807, 2.05) is 89.9 Å². The molecule has 0 radical (unpaired) electrons. The molecule has 0 saturated heterocycles. The summed E-state index contributed by atoms with van der Waals surface area (Å²) >= 11 is 0. The number of para-hydroxylation sites is 1. The van der Waals surface area contributed by atoms with Crippen molar-refractivity contribution in [3.8, 4) is 11.4 Å². The number of carbonyl (C=O) groups excluding carboxylic acids is 1. The molecule has 5 nitrogen and oxygen atoms in total. The monoisotopic (exact) mass is 342 g/mol. The Morgan fingerprint density at radius 1 is 0.885 bits per heavy atom. The summed E-state index contributed by atoms with van der Waals surface area (Å²) in [5, 5.41) is 7.18. The van der Waals surface area contributed by atoms with Gasteiger partial charge in [0.2, 0.25) is 5.91 Å². The van der Waals surface area contributed by atoms with Gasteiger partial charge in [-0.2, -0.15) is 5.10 Å². The van der Waals surface area contributed by atoms with Crippen molar-refractivity contribution in [3.05, 3.63) is 97.1 Å². The molecule has 26 heavy (non-hydrogen) atoms. The van der Waals surface area contributed by atoms with E-state index in [2.05, 4.69) is 10.4 Å². The van der Waals surface area contributed by atoms with Gasteiger partial charge in [-0.15, -0.1) is 0 Å². The van der Waals surface area contributed by atoms with E-state index in [1.165, 1.54) is 0 Å². The van der Waals surface area contributed by atoms with Crippen LogP contribution >= 0.6 is 0 Å². The van der Waals surface area contributed by atoms with E-state index in [9.17, 15) is 4.79 Å². The van der Waals surface area contributed by atoms with Crippen molar-refractivity contribution >= 4 is 11.6 Å². The molecule has 0 bridgehead atoms. The zero-order chi connectivity index (χ0) is 17.8. The Bertz CT molecular complexity index is 986. The van der Waals surface area contributed by atoms with Gasteiger partial charge in [0, 0.05) is 18.1 Å². The number of hydrogen-bond acceptors (Lipinski definition) is 2. The minimum atomic E-state index is -0.0636. The second kappa shape index (κ2) is 7.11. The maximum absolute atomic E-state index is 12.3. The van der Waals surface area contributed by atoms with E-state index in [-0.39, 0.29) is 5.91 Å². The second-order valence-electron chi connectivity index (χ2n) is 5.99. The van der Waals surface area contributed by atoms with E-state index in [0.717, 1.165) is 16.9 Å². The predicted octanol–water partition coefficient (Wildman–Crippen LogP) is 3.84. The number of benzene rings is 2. The summed E-state index contributed by atoms with van der Waals surface area (Å²) in [6, 6.07) is 21.7. The van der Waals surface area contributed by atoms with Gasteiger partial charge in [0.05, 0.1) is 30.2 Å². The van der Waals surface area contributed by atoms with Gasteiger partial charge >= 0.3 is 0 Å². The molecule has 0 unspecified atom stereocenters. The summed E-state index contributed by atoms with van der Waals surface area (Å²) in [7, 11) is 0. The number of rotatable bonds is 5. The molecule has 2 heterocycles. The molecule has 1 N–H and O–H groups in total. The van der Waals surface area contributed by atoms with E-state index in [1.54, 1.807) is 10.9 Å². The van der Waals surface area contributed by atoms with Gasteiger partial charge in [-0.1, -0.05) is 30.3 Å². The minimum absolute atomic E-state index is 0.0636. The minimum Gasteiger partial charge on any atom is -0.324 e. The van der Waals surface area contributed by atoms with Crippen LogP contribution in [0, 0.1) is 0 Å². The summed E-state index contributed by atoms with van der Waals surface area (Å²) in [6.45, 7) is 0. The molecule has 2 aromatic carbocycles. The molecule has 1 amide bonds. The van der Waals surface area contributed by atoms with Crippen molar-refractivity contribution in [1.29, 1.82) is 0 Å². The fraction of sp³-hybridized carbons (Fsp3) is 0.0476. The van der Waals surface area contributed by atoms with Gasteiger partial charge in [0.25, 0.3) is 0 Å². The lowest BCUT2D eigenvalue weighted by atomic mass is 10.1. The summed E-state index contributed by atoms with van der Waals surface area (Å²) in [5.41, 5.74) is 3.67. The van der Waals surface area contributed by atoms with Gasteiger partial charge in [-0.05, 0) is 42.0 Å². The Morgan fingerprint density at radius 2 is 1.62 bits per heavy atom. The van der Waals surface area contributed by atoms with Crippen LogP contribution in [0.4, 0.5) is 5.69 Å². The predicted molar refractivity (Wildman–Crippen MR) is 102 cm³/mol. The zero-order valence-corrected chi connectivity index (χ0v) is 14.1. The quantitative estimate of drug-likeness (QED) is 0.599. The van der Waals surface area contributed by atoms with Crippen LogP contribution in [0.25, 0.3) is 11.4 Å². The molecule has 0 aliphatic carbocycles. The number of nitrogens with zero attached hydrogens (tertiary/aromatic N) is 3. The van der Waals surface area contributed by atoms with Crippen LogP contribution in [0.15, 0.2) is 91.5 Å². The molecule has 0 aliphatic rings. The number of amides is 1. The zero-order valence-electron chi connectivity index (χ0n) is 14.1. The van der Waals surface area contributed by atoms with Crippen molar-refractivity contribution in [3.63, 3.8) is 0 Å². The summed E-state index contributed by atoms with van der Waals surface area (Å²) in [4.78, 5) is 12.3. The van der Waals surface area contributed by atoms with Crippen LogP contribution in [-0.2, 0) is 11.2 Å². The maximum Gasteiger partial charge on any atom is 0.228 e. The van der Waals surface area contributed by atoms with Crippen LogP contribution < -0.4 is 5.32 Å². The van der Waals surface area contributed by atoms with E-state index in [4.69, 9.17) is 0 Å². The first kappa shape index (κ1) is 15.9. The van der Waals surface area contributed by atoms with E-state index >= 15 is 0 Å². The fourth-order valence-corrected chi connectivity index (χ4v) is 2.79. The van der Waals surface area contributed by atoms with Gasteiger partial charge in [-0.25, -0.2) is 4.68 Å². The van der Waals surface area contributed by atoms with E-state index in [0.29, 0.717) is 12.1 Å². The number of aromatic nitrogens is 3. The first-order valence-corrected chi connectivity index (χ1v) is 8.40. The van der Waals surface area contributed by atoms with Gasteiger partial charge in [0.1, 0.15) is 0 Å². The lowest BCUT2D eigenvalue weighted by Gasteiger charge is -2.06. The average molecular weight is 342 g/mol. The second-order valence-corrected chi connectivity index (χ2v) is 5.99. The molecule has 4 aromatic rings. The highest BCUT2D eigenvalue weighted by Crippen LogP contribution is 2.13. The van der Waals surface area contributed by atoms with Crippen molar-refractivity contribution in [2.75, 3.05) is 5.32 Å². The smallest absolute Gasteiger partial charge is 0.228 e. The Kier molecular flexibility index (Phi) is 4.35. The third-order valence-corrected chi connectivity index (χ3v) is 4.09. The lowest BCUT2D eigenvalue weighted by molar-refractivity contribution is -0.115. The first-order valence-electron chi connectivity index (χ1n) is 8.40. The summed E-state index contributed by atoms with van der Waals surface area (Å²) in [5.74, 6) is -0.0636. The highest BCUT2D eigenvalue weighted by molar-refractivity contribution is 5.92. The summed E-state index contributed by atoms with van der Waals surface area (Å²) < 4.78 is 3.77. The van der Waals surface area contributed by atoms with Crippen LogP contribution in [0.2, 0.25) is 0 Å². The molecule has 5 heteroatoms. The van der Waals surface area contributed by atoms with Gasteiger partial charge in [-0.3, -0.25) is 4.79 Å². The molecule has 128 valence electrons. The SMILES string of the molecule is O=C(Cc1ccc(-n2cccc2)cc1)Nc1cnn(-c2ccccc2)c1. The van der Waals surface area contributed by atoms with Crippen molar-refractivity contribution in [2.45, 2.75) is 6.42 Å².